The van der Waals surface area contributed by atoms with E-state index in [9.17, 15) is 4.79 Å². The molecule has 1 aromatic carbocycles. The van der Waals surface area contributed by atoms with Crippen LogP contribution in [0, 0.1) is 5.41 Å². The number of carbonyl (C=O) groups excluding carboxylic acids is 1. The van der Waals surface area contributed by atoms with Crippen LogP contribution in [0.25, 0.3) is 5.57 Å². The molecule has 0 spiro atoms. The number of amides is 1. The summed E-state index contributed by atoms with van der Waals surface area (Å²) in [5, 5.41) is 0.780. The second kappa shape index (κ2) is 8.92. The van der Waals surface area contributed by atoms with Crippen molar-refractivity contribution >= 4 is 23.3 Å². The average molecular weight is 433 g/mol. The summed E-state index contributed by atoms with van der Waals surface area (Å²) in [6, 6.07) is 8.67. The molecule has 1 amide bonds. The minimum absolute atomic E-state index is 0.199. The number of carbonyl (C=O) groups is 1. The van der Waals surface area contributed by atoms with E-state index in [1.807, 2.05) is 37.8 Å². The minimum Gasteiger partial charge on any atom is -0.444 e. The topological polar surface area (TPSA) is 32.8 Å². The average Bonchev–Trinajstić information content (AvgIpc) is 2.66. The van der Waals surface area contributed by atoms with Crippen molar-refractivity contribution in [3.8, 4) is 0 Å². The first-order chi connectivity index (χ1) is 14.0. The van der Waals surface area contributed by atoms with E-state index in [1.54, 1.807) is 5.57 Å². The lowest BCUT2D eigenvalue weighted by molar-refractivity contribution is 0.0123. The maximum atomic E-state index is 12.4. The van der Waals surface area contributed by atoms with Gasteiger partial charge >= 0.3 is 6.09 Å². The first-order valence-electron chi connectivity index (χ1n) is 11.1. The molecule has 1 saturated heterocycles. The lowest BCUT2D eigenvalue weighted by atomic mass is 9.71. The van der Waals surface area contributed by atoms with E-state index >= 15 is 0 Å². The molecule has 1 unspecified atom stereocenters. The highest BCUT2D eigenvalue weighted by Gasteiger charge is 2.33. The van der Waals surface area contributed by atoms with Crippen molar-refractivity contribution in [2.45, 2.75) is 72.4 Å². The number of ether oxygens (including phenoxy) is 1. The molecule has 166 valence electrons. The largest absolute Gasteiger partial charge is 0.444 e. The molecule has 1 aromatic rings. The number of halogens is 1. The summed E-state index contributed by atoms with van der Waals surface area (Å²) >= 11 is 6.14. The molecule has 3 rings (SSSR count). The zero-order chi connectivity index (χ0) is 22.1. The molecule has 1 aliphatic heterocycles. The summed E-state index contributed by atoms with van der Waals surface area (Å²) in [5.41, 5.74) is 4.18. The molecule has 4 nitrogen and oxygen atoms in total. The number of hydrogen-bond acceptors (Lipinski definition) is 3. The van der Waals surface area contributed by atoms with Gasteiger partial charge in [-0.2, -0.15) is 0 Å². The molecule has 0 radical (unpaired) electrons. The molecular weight excluding hydrogens is 396 g/mol. The van der Waals surface area contributed by atoms with E-state index in [0.717, 1.165) is 31.0 Å². The fourth-order valence-electron chi connectivity index (χ4n) is 4.54. The summed E-state index contributed by atoms with van der Waals surface area (Å²) in [6.45, 7) is 16.0. The van der Waals surface area contributed by atoms with Crippen molar-refractivity contribution in [1.29, 1.82) is 0 Å². The van der Waals surface area contributed by atoms with E-state index in [-0.39, 0.29) is 6.09 Å². The summed E-state index contributed by atoms with van der Waals surface area (Å²) in [6.07, 6.45) is 3.22. The molecule has 1 atom stereocenters. The molecule has 1 fully saturated rings. The molecule has 0 saturated carbocycles. The standard InChI is InChI=1S/C25H37ClN2O2/c1-18(27-13-15-28(16-14-27)23(29)30-24(2,3)4)21-11-12-25(5,6)17-22(21)19-7-9-20(26)10-8-19/h7-10,18H,11-17H2,1-6H3. The number of hydrogen-bond donors (Lipinski definition) is 0. The van der Waals surface area contributed by atoms with Gasteiger partial charge in [0.1, 0.15) is 5.60 Å². The Hall–Kier alpha value is -1.52. The van der Waals surface area contributed by atoms with Gasteiger partial charge in [-0.15, -0.1) is 0 Å². The lowest BCUT2D eigenvalue weighted by Crippen LogP contribution is -2.52. The van der Waals surface area contributed by atoms with Crippen LogP contribution in [0.4, 0.5) is 4.79 Å². The molecule has 5 heteroatoms. The maximum Gasteiger partial charge on any atom is 0.410 e. The predicted octanol–water partition coefficient (Wildman–Crippen LogP) is 6.24. The highest BCUT2D eigenvalue weighted by Crippen LogP contribution is 2.44. The molecule has 2 aliphatic rings. The molecular formula is C25H37ClN2O2. The molecule has 0 aromatic heterocycles. The third-order valence-electron chi connectivity index (χ3n) is 6.32. The van der Waals surface area contributed by atoms with Crippen molar-refractivity contribution in [3.05, 3.63) is 40.4 Å². The van der Waals surface area contributed by atoms with Gasteiger partial charge in [0.15, 0.2) is 0 Å². The van der Waals surface area contributed by atoms with Gasteiger partial charge in [0.2, 0.25) is 0 Å². The SMILES string of the molecule is CC(C1=C(c2ccc(Cl)cc2)CC(C)(C)CC1)N1CCN(C(=O)OC(C)(C)C)CC1. The smallest absolute Gasteiger partial charge is 0.410 e. The first-order valence-corrected chi connectivity index (χ1v) is 11.5. The predicted molar refractivity (Wildman–Crippen MR) is 125 cm³/mol. The summed E-state index contributed by atoms with van der Waals surface area (Å²) < 4.78 is 5.55. The van der Waals surface area contributed by atoms with Gasteiger partial charge in [-0.1, -0.05) is 37.6 Å². The zero-order valence-electron chi connectivity index (χ0n) is 19.4. The summed E-state index contributed by atoms with van der Waals surface area (Å²) in [7, 11) is 0. The minimum atomic E-state index is -0.450. The fourth-order valence-corrected chi connectivity index (χ4v) is 4.67. The van der Waals surface area contributed by atoms with Gasteiger partial charge in [-0.3, -0.25) is 4.90 Å². The van der Waals surface area contributed by atoms with Crippen LogP contribution in [0.1, 0.15) is 66.4 Å². The molecule has 1 aliphatic carbocycles. The Kier molecular flexibility index (Phi) is 6.88. The quantitative estimate of drug-likeness (QED) is 0.566. The molecule has 0 bridgehead atoms. The Balaban J connectivity index is 1.75. The number of nitrogens with zero attached hydrogens (tertiary/aromatic N) is 2. The third-order valence-corrected chi connectivity index (χ3v) is 6.58. The molecule has 1 heterocycles. The highest BCUT2D eigenvalue weighted by molar-refractivity contribution is 6.30. The highest BCUT2D eigenvalue weighted by atomic mass is 35.5. The van der Waals surface area contributed by atoms with E-state index in [0.29, 0.717) is 24.5 Å². The van der Waals surface area contributed by atoms with E-state index in [1.165, 1.54) is 17.6 Å². The second-order valence-corrected chi connectivity index (χ2v) is 11.0. The van der Waals surface area contributed by atoms with Gasteiger partial charge in [0.05, 0.1) is 0 Å². The van der Waals surface area contributed by atoms with E-state index in [2.05, 4.69) is 37.8 Å². The van der Waals surface area contributed by atoms with Gasteiger partial charge in [0.25, 0.3) is 0 Å². The Morgan fingerprint density at radius 3 is 2.27 bits per heavy atom. The van der Waals surface area contributed by atoms with Crippen molar-refractivity contribution < 1.29 is 9.53 Å². The normalized spacial score (nSPS) is 21.5. The third kappa shape index (κ3) is 5.79. The Morgan fingerprint density at radius 2 is 1.70 bits per heavy atom. The van der Waals surface area contributed by atoms with Gasteiger partial charge < -0.3 is 9.64 Å². The van der Waals surface area contributed by atoms with Crippen LogP contribution >= 0.6 is 11.6 Å². The monoisotopic (exact) mass is 432 g/mol. The summed E-state index contributed by atoms with van der Waals surface area (Å²) in [4.78, 5) is 16.8. The van der Waals surface area contributed by atoms with Crippen LogP contribution in [-0.4, -0.2) is 53.7 Å². The van der Waals surface area contributed by atoms with Gasteiger partial charge in [-0.05, 0) is 81.2 Å². The van der Waals surface area contributed by atoms with E-state index < -0.39 is 5.60 Å². The van der Waals surface area contributed by atoms with Crippen LogP contribution in [-0.2, 0) is 4.74 Å². The first kappa shape index (κ1) is 23.1. The van der Waals surface area contributed by atoms with Crippen LogP contribution in [0.5, 0.6) is 0 Å². The van der Waals surface area contributed by atoms with E-state index in [4.69, 9.17) is 16.3 Å². The summed E-state index contributed by atoms with van der Waals surface area (Å²) in [5.74, 6) is 0. The van der Waals surface area contributed by atoms with Crippen LogP contribution < -0.4 is 0 Å². The van der Waals surface area contributed by atoms with Crippen molar-refractivity contribution in [3.63, 3.8) is 0 Å². The van der Waals surface area contributed by atoms with Crippen molar-refractivity contribution in [2.75, 3.05) is 26.2 Å². The van der Waals surface area contributed by atoms with Crippen LogP contribution in [0.15, 0.2) is 29.8 Å². The van der Waals surface area contributed by atoms with Crippen molar-refractivity contribution in [2.24, 2.45) is 5.41 Å². The second-order valence-electron chi connectivity index (χ2n) is 10.5. The lowest BCUT2D eigenvalue weighted by Gasteiger charge is -2.42. The van der Waals surface area contributed by atoms with Crippen molar-refractivity contribution in [1.82, 2.24) is 9.80 Å². The number of rotatable bonds is 3. The fraction of sp³-hybridized carbons (Fsp3) is 0.640. The van der Waals surface area contributed by atoms with Gasteiger partial charge in [0, 0.05) is 37.2 Å². The Bertz CT molecular complexity index is 784. The maximum absolute atomic E-state index is 12.4. The molecule has 0 N–H and O–H groups in total. The Morgan fingerprint density at radius 1 is 1.10 bits per heavy atom. The Labute approximate surface area is 187 Å². The molecule has 30 heavy (non-hydrogen) atoms. The number of allylic oxidation sites excluding steroid dienone is 1. The zero-order valence-corrected chi connectivity index (χ0v) is 20.2. The number of piperazine rings is 1. The van der Waals surface area contributed by atoms with Crippen LogP contribution in [0.2, 0.25) is 5.02 Å². The number of benzene rings is 1. The van der Waals surface area contributed by atoms with Crippen LogP contribution in [0.3, 0.4) is 0 Å². The van der Waals surface area contributed by atoms with Gasteiger partial charge in [-0.25, -0.2) is 4.79 Å².